The number of nitrogens with one attached hydrogen (secondary N) is 1. The number of ether oxygens (including phenoxy) is 1. The molecule has 0 fully saturated rings. The Bertz CT molecular complexity index is 1130. The van der Waals surface area contributed by atoms with Gasteiger partial charge in [-0.05, 0) is 31.4 Å². The van der Waals surface area contributed by atoms with Crippen LogP contribution >= 0.6 is 0 Å². The number of amides is 1. The average molecular weight is 431 g/mol. The number of aryl methyl sites for hydroxylation is 1. The zero-order valence-corrected chi connectivity index (χ0v) is 16.5. The minimum atomic E-state index is -4.52. The summed E-state index contributed by atoms with van der Waals surface area (Å²) in [5, 5.41) is 7.12. The molecule has 1 N–H and O–H groups in total. The van der Waals surface area contributed by atoms with E-state index in [0.717, 1.165) is 37.6 Å². The number of hydrogen-bond acceptors (Lipinski definition) is 4. The van der Waals surface area contributed by atoms with Gasteiger partial charge in [-0.3, -0.25) is 4.79 Å². The SMILES string of the molecule is O=C(N[C@@H]1COCc2c1cnn2-c1ccccc1C(F)(F)F)c1ncn2c1CCCC2. The van der Waals surface area contributed by atoms with E-state index in [0.29, 0.717) is 17.0 Å². The number of nitrogens with zero attached hydrogens (tertiary/aromatic N) is 4. The van der Waals surface area contributed by atoms with Gasteiger partial charge < -0.3 is 14.6 Å². The molecule has 162 valence electrons. The number of carbonyl (C=O) groups excluding carboxylic acids is 1. The van der Waals surface area contributed by atoms with Crippen molar-refractivity contribution in [1.82, 2.24) is 24.6 Å². The summed E-state index contributed by atoms with van der Waals surface area (Å²) in [6.07, 6.45) is 1.52. The van der Waals surface area contributed by atoms with E-state index in [-0.39, 0.29) is 24.8 Å². The first kappa shape index (κ1) is 19.8. The number of carbonyl (C=O) groups is 1. The maximum absolute atomic E-state index is 13.5. The standard InChI is InChI=1S/C21H20F3N5O2/c22-21(23,24)14-5-1-2-6-16(14)29-18-11-31-10-15(13(18)9-26-29)27-20(30)19-17-7-3-4-8-28(17)12-25-19/h1-2,5-6,9,12,15H,3-4,7-8,10-11H2,(H,27,30)/t15-/m1/s1. The molecule has 1 atom stereocenters. The summed E-state index contributed by atoms with van der Waals surface area (Å²) in [5.41, 5.74) is 1.58. The van der Waals surface area contributed by atoms with Crippen LogP contribution in [0.4, 0.5) is 13.2 Å². The Morgan fingerprint density at radius 2 is 2.03 bits per heavy atom. The highest BCUT2D eigenvalue weighted by Gasteiger charge is 2.36. The van der Waals surface area contributed by atoms with Gasteiger partial charge in [-0.15, -0.1) is 0 Å². The van der Waals surface area contributed by atoms with Crippen molar-refractivity contribution in [1.29, 1.82) is 0 Å². The van der Waals surface area contributed by atoms with E-state index < -0.39 is 17.8 Å². The van der Waals surface area contributed by atoms with Crippen molar-refractivity contribution in [3.63, 3.8) is 0 Å². The summed E-state index contributed by atoms with van der Waals surface area (Å²) < 4.78 is 49.3. The second kappa shape index (κ2) is 7.52. The molecular formula is C21H20F3N5O2. The lowest BCUT2D eigenvalue weighted by molar-refractivity contribution is -0.137. The second-order valence-electron chi connectivity index (χ2n) is 7.70. The summed E-state index contributed by atoms with van der Waals surface area (Å²) in [6.45, 7) is 1.16. The fraction of sp³-hybridized carbons (Fsp3) is 0.381. The van der Waals surface area contributed by atoms with Crippen LogP contribution in [-0.2, 0) is 30.5 Å². The molecule has 4 heterocycles. The molecule has 3 aromatic rings. The summed E-state index contributed by atoms with van der Waals surface area (Å²) in [4.78, 5) is 17.2. The van der Waals surface area contributed by atoms with E-state index in [9.17, 15) is 18.0 Å². The lowest BCUT2D eigenvalue weighted by atomic mass is 10.0. The van der Waals surface area contributed by atoms with Crippen LogP contribution in [0.25, 0.3) is 5.69 Å². The predicted octanol–water partition coefficient (Wildman–Crippen LogP) is 3.43. The summed E-state index contributed by atoms with van der Waals surface area (Å²) in [5.74, 6) is -0.319. The smallest absolute Gasteiger partial charge is 0.373 e. The van der Waals surface area contributed by atoms with Gasteiger partial charge in [-0.1, -0.05) is 12.1 Å². The molecule has 2 aromatic heterocycles. The van der Waals surface area contributed by atoms with Crippen LogP contribution in [0.5, 0.6) is 0 Å². The molecule has 0 unspecified atom stereocenters. The molecule has 0 saturated heterocycles. The number of aromatic nitrogens is 4. The summed E-state index contributed by atoms with van der Waals surface area (Å²) in [6, 6.07) is 4.74. The quantitative estimate of drug-likeness (QED) is 0.690. The number of benzene rings is 1. The number of para-hydroxylation sites is 1. The minimum absolute atomic E-state index is 0.0741. The number of rotatable bonds is 3. The molecule has 0 radical (unpaired) electrons. The molecule has 5 rings (SSSR count). The Balaban J connectivity index is 1.45. The van der Waals surface area contributed by atoms with Gasteiger partial charge in [0.25, 0.3) is 5.91 Å². The maximum atomic E-state index is 13.5. The van der Waals surface area contributed by atoms with Crippen molar-refractivity contribution in [3.05, 3.63) is 65.0 Å². The van der Waals surface area contributed by atoms with E-state index in [4.69, 9.17) is 4.74 Å². The molecule has 1 aromatic carbocycles. The van der Waals surface area contributed by atoms with Crippen molar-refractivity contribution in [3.8, 4) is 5.69 Å². The third-order valence-electron chi connectivity index (χ3n) is 5.77. The highest BCUT2D eigenvalue weighted by molar-refractivity contribution is 5.93. The van der Waals surface area contributed by atoms with E-state index in [1.165, 1.54) is 29.1 Å². The Labute approximate surface area is 175 Å². The molecule has 1 amide bonds. The van der Waals surface area contributed by atoms with Gasteiger partial charge in [0.05, 0.1) is 54.4 Å². The Hall–Kier alpha value is -3.14. The average Bonchev–Trinajstić information content (AvgIpc) is 3.38. The molecule has 0 spiro atoms. The highest BCUT2D eigenvalue weighted by Crippen LogP contribution is 2.35. The number of hydrogen-bond donors (Lipinski definition) is 1. The van der Waals surface area contributed by atoms with Crippen molar-refractivity contribution in [2.24, 2.45) is 0 Å². The minimum Gasteiger partial charge on any atom is -0.373 e. The molecule has 0 aliphatic carbocycles. The van der Waals surface area contributed by atoms with Crippen molar-refractivity contribution < 1.29 is 22.7 Å². The summed E-state index contributed by atoms with van der Waals surface area (Å²) in [7, 11) is 0. The molecule has 2 aliphatic heterocycles. The third kappa shape index (κ3) is 3.50. The lowest BCUT2D eigenvalue weighted by Gasteiger charge is -2.25. The highest BCUT2D eigenvalue weighted by atomic mass is 19.4. The van der Waals surface area contributed by atoms with Gasteiger partial charge in [-0.25, -0.2) is 9.67 Å². The van der Waals surface area contributed by atoms with Crippen molar-refractivity contribution in [2.45, 2.75) is 44.6 Å². The second-order valence-corrected chi connectivity index (χ2v) is 7.70. The van der Waals surface area contributed by atoms with Crippen molar-refractivity contribution >= 4 is 5.91 Å². The Morgan fingerprint density at radius 1 is 1.19 bits per heavy atom. The van der Waals surface area contributed by atoms with E-state index in [1.807, 2.05) is 4.57 Å². The first-order chi connectivity index (χ1) is 14.9. The van der Waals surface area contributed by atoms with Crippen LogP contribution in [0.2, 0.25) is 0 Å². The lowest BCUT2D eigenvalue weighted by Crippen LogP contribution is -2.35. The zero-order chi connectivity index (χ0) is 21.6. The van der Waals surface area contributed by atoms with Crippen LogP contribution < -0.4 is 5.32 Å². The molecule has 0 bridgehead atoms. The first-order valence-electron chi connectivity index (χ1n) is 10.1. The Kier molecular flexibility index (Phi) is 4.81. The van der Waals surface area contributed by atoms with Crippen LogP contribution in [0.3, 0.4) is 0 Å². The molecule has 2 aliphatic rings. The van der Waals surface area contributed by atoms with Crippen LogP contribution in [0.1, 0.15) is 51.9 Å². The fourth-order valence-electron chi connectivity index (χ4n) is 4.26. The molecular weight excluding hydrogens is 411 g/mol. The number of halogens is 3. The molecule has 31 heavy (non-hydrogen) atoms. The van der Waals surface area contributed by atoms with Crippen molar-refractivity contribution in [2.75, 3.05) is 6.61 Å². The van der Waals surface area contributed by atoms with Gasteiger partial charge in [0, 0.05) is 12.1 Å². The molecule has 10 heteroatoms. The Morgan fingerprint density at radius 3 is 2.87 bits per heavy atom. The van der Waals surface area contributed by atoms with Gasteiger partial charge in [0.15, 0.2) is 0 Å². The van der Waals surface area contributed by atoms with E-state index in [1.54, 1.807) is 6.33 Å². The first-order valence-corrected chi connectivity index (χ1v) is 10.1. The van der Waals surface area contributed by atoms with E-state index >= 15 is 0 Å². The van der Waals surface area contributed by atoms with Crippen LogP contribution in [0.15, 0.2) is 36.8 Å². The van der Waals surface area contributed by atoms with Crippen LogP contribution in [0, 0.1) is 0 Å². The van der Waals surface area contributed by atoms with Gasteiger partial charge >= 0.3 is 6.18 Å². The fourth-order valence-corrected chi connectivity index (χ4v) is 4.26. The largest absolute Gasteiger partial charge is 0.418 e. The van der Waals surface area contributed by atoms with Gasteiger partial charge in [0.2, 0.25) is 0 Å². The normalized spacial score (nSPS) is 18.4. The third-order valence-corrected chi connectivity index (χ3v) is 5.77. The number of alkyl halides is 3. The van der Waals surface area contributed by atoms with Gasteiger partial charge in [0.1, 0.15) is 5.69 Å². The van der Waals surface area contributed by atoms with Gasteiger partial charge in [-0.2, -0.15) is 18.3 Å². The predicted molar refractivity (Wildman–Crippen MR) is 104 cm³/mol. The zero-order valence-electron chi connectivity index (χ0n) is 16.5. The monoisotopic (exact) mass is 431 g/mol. The number of imidazole rings is 1. The van der Waals surface area contributed by atoms with Crippen LogP contribution in [-0.4, -0.2) is 31.8 Å². The number of fused-ring (bicyclic) bond motifs is 2. The summed E-state index contributed by atoms with van der Waals surface area (Å²) >= 11 is 0. The van der Waals surface area contributed by atoms with E-state index in [2.05, 4.69) is 15.4 Å². The topological polar surface area (TPSA) is 74.0 Å². The molecule has 0 saturated carbocycles. The maximum Gasteiger partial charge on any atom is 0.418 e. The molecule has 7 nitrogen and oxygen atoms in total.